The lowest BCUT2D eigenvalue weighted by Crippen LogP contribution is -2.52. The average molecular weight is 405 g/mol. The van der Waals surface area contributed by atoms with Gasteiger partial charge in [0.1, 0.15) is 5.92 Å². The molecule has 1 unspecified atom stereocenters. The highest BCUT2D eigenvalue weighted by Crippen LogP contribution is 2.55. The lowest BCUT2D eigenvalue weighted by molar-refractivity contribution is 0.234. The highest BCUT2D eigenvalue weighted by atomic mass is 16.5. The summed E-state index contributed by atoms with van der Waals surface area (Å²) >= 11 is 0. The van der Waals surface area contributed by atoms with Crippen molar-refractivity contribution in [1.29, 1.82) is 21.2 Å². The summed E-state index contributed by atoms with van der Waals surface area (Å²) in [6.45, 7) is 1.20. The molecule has 1 aromatic carbocycles. The Kier molecular flexibility index (Phi) is 5.69. The van der Waals surface area contributed by atoms with Crippen molar-refractivity contribution in [2.24, 2.45) is 17.3 Å². The lowest BCUT2D eigenvalue weighted by Gasteiger charge is -2.47. The van der Waals surface area contributed by atoms with Crippen LogP contribution < -0.4 is 14.2 Å². The Labute approximate surface area is 176 Å². The highest BCUT2D eigenvalue weighted by molar-refractivity contribution is 6.00. The minimum absolute atomic E-state index is 0.180. The monoisotopic (exact) mass is 405 g/mol. The number of nitrogens with one attached hydrogen (secondary N) is 1. The van der Waals surface area contributed by atoms with Crippen LogP contribution in [0.15, 0.2) is 23.8 Å². The van der Waals surface area contributed by atoms with Crippen molar-refractivity contribution in [3.8, 4) is 35.5 Å². The molecule has 0 spiro atoms. The fourth-order valence-electron chi connectivity index (χ4n) is 4.61. The first-order valence-corrected chi connectivity index (χ1v) is 9.41. The third-order valence-electron chi connectivity index (χ3n) is 6.02. The van der Waals surface area contributed by atoms with Gasteiger partial charge in [-0.15, -0.1) is 0 Å². The largest absolute Gasteiger partial charge is 0.493 e. The second-order valence-corrected chi connectivity index (χ2v) is 7.48. The molecule has 2 aliphatic rings. The molecule has 0 radical (unpaired) electrons. The number of hydrogen-bond donors (Lipinski definition) is 1. The van der Waals surface area contributed by atoms with E-state index in [2.05, 4.69) is 23.1 Å². The van der Waals surface area contributed by atoms with Gasteiger partial charge in [0, 0.05) is 24.9 Å². The second-order valence-electron chi connectivity index (χ2n) is 7.48. The zero-order chi connectivity index (χ0) is 22.1. The smallest absolute Gasteiger partial charge is 0.203 e. The summed E-state index contributed by atoms with van der Waals surface area (Å²) in [4.78, 5) is 2.07. The van der Waals surface area contributed by atoms with Gasteiger partial charge < -0.3 is 24.5 Å². The topological polar surface area (TPSA) is 126 Å². The van der Waals surface area contributed by atoms with Crippen LogP contribution in [0, 0.1) is 56.7 Å². The molecule has 1 N–H and O–H groups in total. The zero-order valence-electron chi connectivity index (χ0n) is 17.4. The summed E-state index contributed by atoms with van der Waals surface area (Å²) in [5.41, 5.74) is -0.549. The van der Waals surface area contributed by atoms with Crippen molar-refractivity contribution in [3.05, 3.63) is 29.3 Å². The van der Waals surface area contributed by atoms with Gasteiger partial charge in [0.25, 0.3) is 0 Å². The van der Waals surface area contributed by atoms with E-state index in [-0.39, 0.29) is 11.6 Å². The Balaban J connectivity index is 2.33. The number of methoxy groups -OCH3 is 3. The number of nitriles is 3. The second kappa shape index (κ2) is 8.06. The van der Waals surface area contributed by atoms with E-state index in [9.17, 15) is 15.8 Å². The van der Waals surface area contributed by atoms with E-state index < -0.39 is 17.3 Å². The van der Waals surface area contributed by atoms with Crippen molar-refractivity contribution in [2.75, 3.05) is 41.5 Å². The predicted octanol–water partition coefficient (Wildman–Crippen LogP) is 2.49. The number of hydrogen-bond acceptors (Lipinski definition) is 8. The van der Waals surface area contributed by atoms with E-state index in [1.54, 1.807) is 12.1 Å². The molecule has 154 valence electrons. The zero-order valence-corrected chi connectivity index (χ0v) is 17.4. The van der Waals surface area contributed by atoms with Crippen LogP contribution in [0.2, 0.25) is 0 Å². The van der Waals surface area contributed by atoms with Crippen LogP contribution in [0.3, 0.4) is 0 Å². The minimum Gasteiger partial charge on any atom is -0.493 e. The van der Waals surface area contributed by atoms with Gasteiger partial charge in [-0.2, -0.15) is 15.8 Å². The minimum atomic E-state index is -1.79. The van der Waals surface area contributed by atoms with E-state index in [4.69, 9.17) is 19.6 Å². The summed E-state index contributed by atoms with van der Waals surface area (Å²) in [5, 5.41) is 38.7. The van der Waals surface area contributed by atoms with E-state index in [0.717, 1.165) is 5.57 Å². The molecule has 1 aliphatic heterocycles. The van der Waals surface area contributed by atoms with Gasteiger partial charge in [-0.3, -0.25) is 0 Å². The van der Waals surface area contributed by atoms with Crippen molar-refractivity contribution >= 4 is 5.71 Å². The lowest BCUT2D eigenvalue weighted by atomic mass is 9.54. The Hall–Kier alpha value is -3.54. The summed E-state index contributed by atoms with van der Waals surface area (Å²) in [6, 6.07) is 9.76. The van der Waals surface area contributed by atoms with Crippen molar-refractivity contribution in [2.45, 2.75) is 5.92 Å². The number of fused-ring (bicyclic) bond motifs is 1. The van der Waals surface area contributed by atoms with Gasteiger partial charge in [-0.05, 0) is 30.3 Å². The van der Waals surface area contributed by atoms with E-state index in [1.165, 1.54) is 21.3 Å². The van der Waals surface area contributed by atoms with Gasteiger partial charge in [0.05, 0.1) is 45.2 Å². The first kappa shape index (κ1) is 21.2. The molecule has 0 saturated heterocycles. The third-order valence-corrected chi connectivity index (χ3v) is 6.02. The van der Waals surface area contributed by atoms with Crippen molar-refractivity contribution < 1.29 is 14.2 Å². The van der Waals surface area contributed by atoms with Crippen LogP contribution in [0.25, 0.3) is 0 Å². The SMILES string of the molecule is COc1cc([C@H]2[C@@H]3CN(C)CC=C3C(C#N)C(=N)C2(C#N)C#N)cc(OC)c1OC. The molecule has 8 heteroatoms. The molecule has 0 aromatic heterocycles. The number of rotatable bonds is 4. The summed E-state index contributed by atoms with van der Waals surface area (Å²) < 4.78 is 16.3. The molecule has 3 atom stereocenters. The van der Waals surface area contributed by atoms with Gasteiger partial charge in [0.2, 0.25) is 5.75 Å². The molecule has 30 heavy (non-hydrogen) atoms. The van der Waals surface area contributed by atoms with Crippen LogP contribution in [0.1, 0.15) is 11.5 Å². The van der Waals surface area contributed by atoms with Gasteiger partial charge in [-0.25, -0.2) is 0 Å². The standard InChI is InChI=1S/C22H23N5O3/c1-27-6-5-14-15(9-23)21(26)22(11-24,12-25)19(16(14)10-27)13-7-17(28-2)20(30-4)18(8-13)29-3/h5,7-8,15-16,19,26H,6,10H2,1-4H3/t15?,16-,19+/m1/s1. The average Bonchev–Trinajstić information content (AvgIpc) is 2.77. The van der Waals surface area contributed by atoms with Crippen LogP contribution in [0.5, 0.6) is 17.2 Å². The molecule has 3 rings (SSSR count). The van der Waals surface area contributed by atoms with E-state index in [1.807, 2.05) is 13.1 Å². The van der Waals surface area contributed by atoms with Crippen molar-refractivity contribution in [3.63, 3.8) is 0 Å². The maximum Gasteiger partial charge on any atom is 0.203 e. The summed E-state index contributed by atoms with van der Waals surface area (Å²) in [5.74, 6) is -0.640. The molecule has 1 saturated carbocycles. The van der Waals surface area contributed by atoms with Gasteiger partial charge >= 0.3 is 0 Å². The fourth-order valence-corrected chi connectivity index (χ4v) is 4.61. The molecular formula is C22H23N5O3. The summed E-state index contributed by atoms with van der Waals surface area (Å²) in [6.07, 6.45) is 1.94. The van der Waals surface area contributed by atoms with Crippen molar-refractivity contribution in [1.82, 2.24) is 4.90 Å². The predicted molar refractivity (Wildman–Crippen MR) is 108 cm³/mol. The first-order valence-electron chi connectivity index (χ1n) is 9.41. The molecule has 1 heterocycles. The molecule has 0 amide bonds. The maximum absolute atomic E-state index is 10.1. The number of likely N-dealkylation sites (N-methyl/N-ethyl adjacent to an activating group) is 1. The van der Waals surface area contributed by atoms with E-state index >= 15 is 0 Å². The summed E-state index contributed by atoms with van der Waals surface area (Å²) in [7, 11) is 6.44. The highest BCUT2D eigenvalue weighted by Gasteiger charge is 2.57. The van der Waals surface area contributed by atoms with Crippen LogP contribution >= 0.6 is 0 Å². The molecule has 8 nitrogen and oxygen atoms in total. The van der Waals surface area contributed by atoms with E-state index in [0.29, 0.717) is 35.9 Å². The Morgan fingerprint density at radius 2 is 1.67 bits per heavy atom. The Morgan fingerprint density at radius 3 is 2.13 bits per heavy atom. The number of ether oxygens (including phenoxy) is 3. The molecule has 0 bridgehead atoms. The van der Waals surface area contributed by atoms with Gasteiger partial charge in [0.15, 0.2) is 16.9 Å². The number of nitrogens with zero attached hydrogens (tertiary/aromatic N) is 4. The maximum atomic E-state index is 10.1. The van der Waals surface area contributed by atoms with Crippen LogP contribution in [-0.4, -0.2) is 52.1 Å². The quantitative estimate of drug-likeness (QED) is 0.763. The third kappa shape index (κ3) is 2.96. The van der Waals surface area contributed by atoms with Crippen LogP contribution in [0.4, 0.5) is 0 Å². The van der Waals surface area contributed by atoms with Crippen LogP contribution in [-0.2, 0) is 0 Å². The molecule has 1 aliphatic carbocycles. The molecular weight excluding hydrogens is 382 g/mol. The normalized spacial score (nSPS) is 25.0. The first-order chi connectivity index (χ1) is 14.4. The molecule has 1 aromatic rings. The van der Waals surface area contributed by atoms with Gasteiger partial charge in [-0.1, -0.05) is 6.08 Å². The number of benzene rings is 1. The molecule has 1 fully saturated rings. The Morgan fingerprint density at radius 1 is 1.07 bits per heavy atom. The fraction of sp³-hybridized carbons (Fsp3) is 0.455. The Bertz CT molecular complexity index is 988.